The minimum Gasteiger partial charge on any atom is -0.445 e. The first-order valence-corrected chi connectivity index (χ1v) is 13.1. The molecule has 34 heavy (non-hydrogen) atoms. The third-order valence-electron chi connectivity index (χ3n) is 7.57. The molecule has 4 rings (SSSR count). The molecule has 0 spiro atoms. The lowest BCUT2D eigenvalue weighted by atomic mass is 9.99. The third kappa shape index (κ3) is 6.83. The summed E-state index contributed by atoms with van der Waals surface area (Å²) in [5.41, 5.74) is 2.45. The van der Waals surface area contributed by atoms with Gasteiger partial charge < -0.3 is 14.5 Å². The van der Waals surface area contributed by atoms with Crippen LogP contribution in [0.1, 0.15) is 50.7 Å². The standard InChI is InChI=1S/C29H41N3O2/c1-3-24(2)32(29(33)34-23-26-12-8-5-9-13-26)28-15-18-30(19-16-28)21-27-14-17-31(22-27)20-25-10-6-4-7-11-25/h4-13,24,27-28H,3,14-23H2,1-2H3/t24?,27-/m0/s1. The number of carbonyl (C=O) groups is 1. The zero-order valence-corrected chi connectivity index (χ0v) is 20.9. The molecule has 2 saturated heterocycles. The second-order valence-corrected chi connectivity index (χ2v) is 10.1. The second-order valence-electron chi connectivity index (χ2n) is 10.1. The minimum absolute atomic E-state index is 0.163. The van der Waals surface area contributed by atoms with Crippen molar-refractivity contribution in [2.45, 2.75) is 64.8 Å². The zero-order chi connectivity index (χ0) is 23.8. The van der Waals surface area contributed by atoms with E-state index >= 15 is 0 Å². The van der Waals surface area contributed by atoms with Crippen LogP contribution < -0.4 is 0 Å². The maximum atomic E-state index is 13.0. The van der Waals surface area contributed by atoms with Crippen molar-refractivity contribution in [1.29, 1.82) is 0 Å². The number of carbonyl (C=O) groups excluding carboxylic acids is 1. The zero-order valence-electron chi connectivity index (χ0n) is 20.9. The van der Waals surface area contributed by atoms with E-state index in [4.69, 9.17) is 4.74 Å². The SMILES string of the molecule is CCC(C)N(C(=O)OCc1ccccc1)C1CCN(C[C@@H]2CCN(Cc3ccccc3)C2)CC1. The van der Waals surface area contributed by atoms with Crippen LogP contribution in [0, 0.1) is 5.92 Å². The molecule has 0 radical (unpaired) electrons. The van der Waals surface area contributed by atoms with Crippen LogP contribution in [0.2, 0.25) is 0 Å². The van der Waals surface area contributed by atoms with Gasteiger partial charge in [0.05, 0.1) is 0 Å². The molecule has 0 aliphatic carbocycles. The Labute approximate surface area is 205 Å². The molecule has 2 atom stereocenters. The van der Waals surface area contributed by atoms with Crippen molar-refractivity contribution in [3.63, 3.8) is 0 Å². The van der Waals surface area contributed by atoms with Gasteiger partial charge in [0.25, 0.3) is 0 Å². The number of hydrogen-bond acceptors (Lipinski definition) is 4. The first kappa shape index (κ1) is 24.7. The second kappa shape index (κ2) is 12.4. The van der Waals surface area contributed by atoms with Crippen LogP contribution in [0.4, 0.5) is 4.79 Å². The number of piperidine rings is 1. The summed E-state index contributed by atoms with van der Waals surface area (Å²) in [6.07, 6.45) is 4.14. The Kier molecular flexibility index (Phi) is 9.00. The number of benzene rings is 2. The summed E-state index contributed by atoms with van der Waals surface area (Å²) in [4.78, 5) is 20.3. The first-order valence-electron chi connectivity index (χ1n) is 13.1. The number of likely N-dealkylation sites (tertiary alicyclic amines) is 2. The Bertz CT molecular complexity index is 867. The van der Waals surface area contributed by atoms with E-state index in [1.807, 2.05) is 35.2 Å². The summed E-state index contributed by atoms with van der Waals surface area (Å²) >= 11 is 0. The fourth-order valence-corrected chi connectivity index (χ4v) is 5.47. The number of amides is 1. The normalized spacial score (nSPS) is 20.8. The molecule has 2 heterocycles. The van der Waals surface area contributed by atoms with Crippen molar-refractivity contribution in [3.05, 3.63) is 71.8 Å². The smallest absolute Gasteiger partial charge is 0.410 e. The van der Waals surface area contributed by atoms with Crippen molar-refractivity contribution in [3.8, 4) is 0 Å². The minimum atomic E-state index is -0.163. The molecule has 2 aliphatic heterocycles. The number of ether oxygens (including phenoxy) is 1. The molecule has 184 valence electrons. The van der Waals surface area contributed by atoms with Gasteiger partial charge in [0.2, 0.25) is 0 Å². The summed E-state index contributed by atoms with van der Waals surface area (Å²) in [7, 11) is 0. The maximum absolute atomic E-state index is 13.0. The van der Waals surface area contributed by atoms with E-state index in [0.29, 0.717) is 6.61 Å². The fourth-order valence-electron chi connectivity index (χ4n) is 5.47. The lowest BCUT2D eigenvalue weighted by Gasteiger charge is -2.41. The van der Waals surface area contributed by atoms with E-state index in [1.165, 1.54) is 31.6 Å². The molecule has 0 saturated carbocycles. The molecule has 0 aromatic heterocycles. The predicted molar refractivity (Wildman–Crippen MR) is 138 cm³/mol. The van der Waals surface area contributed by atoms with Crippen LogP contribution in [0.15, 0.2) is 60.7 Å². The lowest BCUT2D eigenvalue weighted by Crippen LogP contribution is -2.51. The molecule has 5 heteroatoms. The molecule has 2 fully saturated rings. The predicted octanol–water partition coefficient (Wildman–Crippen LogP) is 5.41. The molecule has 1 amide bonds. The van der Waals surface area contributed by atoms with Crippen LogP contribution in [-0.2, 0) is 17.9 Å². The Balaban J connectivity index is 1.23. The van der Waals surface area contributed by atoms with Crippen LogP contribution >= 0.6 is 0 Å². The van der Waals surface area contributed by atoms with Crippen LogP contribution in [0.3, 0.4) is 0 Å². The van der Waals surface area contributed by atoms with E-state index < -0.39 is 0 Å². The van der Waals surface area contributed by atoms with Crippen molar-refractivity contribution < 1.29 is 9.53 Å². The lowest BCUT2D eigenvalue weighted by molar-refractivity contribution is 0.0409. The molecule has 2 aliphatic rings. The van der Waals surface area contributed by atoms with Gasteiger partial charge in [0.1, 0.15) is 6.61 Å². The van der Waals surface area contributed by atoms with E-state index in [-0.39, 0.29) is 18.2 Å². The van der Waals surface area contributed by atoms with E-state index in [2.05, 4.69) is 54.0 Å². The van der Waals surface area contributed by atoms with Crippen LogP contribution in [0.5, 0.6) is 0 Å². The highest BCUT2D eigenvalue weighted by Crippen LogP contribution is 2.25. The highest BCUT2D eigenvalue weighted by Gasteiger charge is 2.33. The van der Waals surface area contributed by atoms with E-state index in [9.17, 15) is 4.79 Å². The van der Waals surface area contributed by atoms with E-state index in [0.717, 1.165) is 50.4 Å². The first-order chi connectivity index (χ1) is 16.6. The van der Waals surface area contributed by atoms with Gasteiger partial charge in [-0.25, -0.2) is 4.79 Å². The van der Waals surface area contributed by atoms with Gasteiger partial charge in [-0.1, -0.05) is 67.6 Å². The number of hydrogen-bond donors (Lipinski definition) is 0. The molecular weight excluding hydrogens is 422 g/mol. The Morgan fingerprint density at radius 3 is 2.21 bits per heavy atom. The highest BCUT2D eigenvalue weighted by molar-refractivity contribution is 5.68. The van der Waals surface area contributed by atoms with Gasteiger partial charge in [-0.2, -0.15) is 0 Å². The number of rotatable bonds is 9. The average molecular weight is 464 g/mol. The van der Waals surface area contributed by atoms with Crippen molar-refractivity contribution in [1.82, 2.24) is 14.7 Å². The molecule has 0 N–H and O–H groups in total. The molecule has 0 bridgehead atoms. The quantitative estimate of drug-likeness (QED) is 0.498. The molecule has 1 unspecified atom stereocenters. The monoisotopic (exact) mass is 463 g/mol. The Morgan fingerprint density at radius 2 is 1.56 bits per heavy atom. The topological polar surface area (TPSA) is 36.0 Å². The fraction of sp³-hybridized carbons (Fsp3) is 0.552. The van der Waals surface area contributed by atoms with Gasteiger partial charge >= 0.3 is 6.09 Å². The molecule has 2 aromatic carbocycles. The third-order valence-corrected chi connectivity index (χ3v) is 7.57. The van der Waals surface area contributed by atoms with Gasteiger partial charge in [-0.05, 0) is 56.2 Å². The Hall–Kier alpha value is -2.37. The van der Waals surface area contributed by atoms with E-state index in [1.54, 1.807) is 0 Å². The maximum Gasteiger partial charge on any atom is 0.410 e. The van der Waals surface area contributed by atoms with Gasteiger partial charge in [-0.3, -0.25) is 4.90 Å². The summed E-state index contributed by atoms with van der Waals surface area (Å²) in [5, 5.41) is 0. The average Bonchev–Trinajstić information content (AvgIpc) is 3.31. The molecular formula is C29H41N3O2. The highest BCUT2D eigenvalue weighted by atomic mass is 16.6. The van der Waals surface area contributed by atoms with Crippen molar-refractivity contribution in [2.24, 2.45) is 5.92 Å². The van der Waals surface area contributed by atoms with Crippen LogP contribution in [-0.4, -0.2) is 65.6 Å². The largest absolute Gasteiger partial charge is 0.445 e. The van der Waals surface area contributed by atoms with Gasteiger partial charge in [0.15, 0.2) is 0 Å². The van der Waals surface area contributed by atoms with Crippen LogP contribution in [0.25, 0.3) is 0 Å². The summed E-state index contributed by atoms with van der Waals surface area (Å²) < 4.78 is 5.73. The summed E-state index contributed by atoms with van der Waals surface area (Å²) in [6, 6.07) is 21.2. The van der Waals surface area contributed by atoms with Gasteiger partial charge in [-0.15, -0.1) is 0 Å². The summed E-state index contributed by atoms with van der Waals surface area (Å²) in [5.74, 6) is 0.752. The van der Waals surface area contributed by atoms with Crippen molar-refractivity contribution in [2.75, 3.05) is 32.7 Å². The number of nitrogens with zero attached hydrogens (tertiary/aromatic N) is 3. The summed E-state index contributed by atoms with van der Waals surface area (Å²) in [6.45, 7) is 11.4. The van der Waals surface area contributed by atoms with Gasteiger partial charge in [0, 0.05) is 44.8 Å². The Morgan fingerprint density at radius 1 is 0.941 bits per heavy atom. The molecule has 2 aromatic rings. The van der Waals surface area contributed by atoms with Crippen molar-refractivity contribution >= 4 is 6.09 Å². The molecule has 5 nitrogen and oxygen atoms in total.